The van der Waals surface area contributed by atoms with Crippen LogP contribution >= 0.6 is 0 Å². The monoisotopic (exact) mass is 262 g/mol. The molecule has 0 aromatic heterocycles. The van der Waals surface area contributed by atoms with Crippen molar-refractivity contribution in [2.24, 2.45) is 0 Å². The van der Waals surface area contributed by atoms with Crippen molar-refractivity contribution in [1.82, 2.24) is 4.90 Å². The van der Waals surface area contributed by atoms with E-state index in [4.69, 9.17) is 0 Å². The molecule has 0 unspecified atom stereocenters. The molecule has 5 nitrogen and oxygen atoms in total. The number of aryl methyl sites for hydroxylation is 1. The molecule has 0 aliphatic rings. The smallest absolute Gasteiger partial charge is 0.547 e. The largest absolute Gasteiger partial charge is 1.00 e. The molecule has 1 aromatic rings. The van der Waals surface area contributed by atoms with Crippen LogP contribution in [0, 0.1) is 6.92 Å². The van der Waals surface area contributed by atoms with Gasteiger partial charge in [-0.2, -0.15) is 7.05 Å². The minimum Gasteiger partial charge on any atom is -0.547 e. The molecule has 18 heavy (non-hydrogen) atoms. The zero-order chi connectivity index (χ0) is 13.2. The van der Waals surface area contributed by atoms with Gasteiger partial charge in [-0.15, -0.1) is 0 Å². The molecular formula is C11H15LiN2O3S. The summed E-state index contributed by atoms with van der Waals surface area (Å²) >= 11 is 0. The van der Waals surface area contributed by atoms with Crippen molar-refractivity contribution in [3.05, 3.63) is 34.0 Å². The van der Waals surface area contributed by atoms with E-state index in [1.807, 2.05) is 0 Å². The molecule has 1 aromatic carbocycles. The summed E-state index contributed by atoms with van der Waals surface area (Å²) in [6.07, 6.45) is 0. The summed E-state index contributed by atoms with van der Waals surface area (Å²) in [6.45, 7) is 1.64. The molecule has 0 radical (unpaired) electrons. The molecule has 94 valence electrons. The molecule has 0 atom stereocenters. The average molecular weight is 262 g/mol. The molecule has 0 aliphatic carbocycles. The number of carbonyl (C=O) groups is 1. The Morgan fingerprint density at radius 2 is 1.83 bits per heavy atom. The Labute approximate surface area is 120 Å². The number of carbonyl (C=O) groups excluding carboxylic acids is 1. The summed E-state index contributed by atoms with van der Waals surface area (Å²) in [5, 5.41) is 0. The van der Waals surface area contributed by atoms with E-state index in [0.717, 1.165) is 0 Å². The third kappa shape index (κ3) is 3.36. The Morgan fingerprint density at radius 3 is 2.28 bits per heavy atom. The van der Waals surface area contributed by atoms with Crippen molar-refractivity contribution in [1.29, 1.82) is 0 Å². The molecule has 0 saturated carbocycles. The van der Waals surface area contributed by atoms with Gasteiger partial charge in [-0.1, -0.05) is 12.1 Å². The van der Waals surface area contributed by atoms with Gasteiger partial charge in [0.15, 0.2) is 0 Å². The quantitative estimate of drug-likeness (QED) is 0.616. The second-order valence-corrected chi connectivity index (χ2v) is 5.53. The fourth-order valence-electron chi connectivity index (χ4n) is 1.50. The third-order valence-electron chi connectivity index (χ3n) is 2.35. The maximum Gasteiger partial charge on any atom is 1.00 e. The Hall–Kier alpha value is -0.803. The predicted molar refractivity (Wildman–Crippen MR) is 65.7 cm³/mol. The number of rotatable bonds is 3. The van der Waals surface area contributed by atoms with Crippen molar-refractivity contribution in [3.63, 3.8) is 0 Å². The summed E-state index contributed by atoms with van der Waals surface area (Å²) in [7, 11) is 0.587. The topological polar surface area (TPSA) is 68.5 Å². The van der Waals surface area contributed by atoms with Crippen LogP contribution in [0.1, 0.15) is 15.9 Å². The second kappa shape index (κ2) is 6.39. The number of nitrogens with zero attached hydrogens (tertiary/aromatic N) is 2. The Balaban J connectivity index is 0.00000289. The first-order valence-corrected chi connectivity index (χ1v) is 6.42. The normalized spacial score (nSPS) is 10.7. The second-order valence-electron chi connectivity index (χ2n) is 3.81. The number of amides is 1. The number of benzene rings is 1. The van der Waals surface area contributed by atoms with E-state index in [2.05, 4.69) is 4.72 Å². The zero-order valence-electron chi connectivity index (χ0n) is 11.3. The summed E-state index contributed by atoms with van der Waals surface area (Å²) in [4.78, 5) is 13.2. The molecule has 0 saturated heterocycles. The predicted octanol–water partition coefficient (Wildman–Crippen LogP) is -1.61. The van der Waals surface area contributed by atoms with E-state index in [-0.39, 0.29) is 35.2 Å². The van der Waals surface area contributed by atoms with E-state index in [0.29, 0.717) is 5.56 Å². The minimum atomic E-state index is -3.76. The van der Waals surface area contributed by atoms with Crippen LogP contribution in [0.15, 0.2) is 23.1 Å². The first-order chi connectivity index (χ1) is 7.81. The van der Waals surface area contributed by atoms with Crippen LogP contribution in [0.3, 0.4) is 0 Å². The van der Waals surface area contributed by atoms with Crippen LogP contribution in [-0.2, 0) is 10.0 Å². The first kappa shape index (κ1) is 17.2. The Bertz CT molecular complexity index is 541. The zero-order valence-corrected chi connectivity index (χ0v) is 12.1. The SMILES string of the molecule is C[N-]S(=O)(=O)c1c(C)cccc1C(=O)N(C)C.[Li+]. The molecule has 7 heteroatoms. The Kier molecular flexibility index (Phi) is 6.10. The maximum atomic E-state index is 11.9. The third-order valence-corrected chi connectivity index (χ3v) is 3.89. The van der Waals surface area contributed by atoms with Crippen LogP contribution in [0.2, 0.25) is 0 Å². The van der Waals surface area contributed by atoms with Crippen LogP contribution in [0.4, 0.5) is 0 Å². The number of hydrogen-bond acceptors (Lipinski definition) is 3. The van der Waals surface area contributed by atoms with Gasteiger partial charge in [0.25, 0.3) is 5.91 Å². The number of sulfonamides is 1. The molecule has 0 aliphatic heterocycles. The minimum absolute atomic E-state index is 0. The first-order valence-electron chi connectivity index (χ1n) is 4.98. The summed E-state index contributed by atoms with van der Waals surface area (Å²) in [5.41, 5.74) is 0.670. The van der Waals surface area contributed by atoms with Gasteiger partial charge in [-0.3, -0.25) is 4.79 Å². The summed E-state index contributed by atoms with van der Waals surface area (Å²) in [5.74, 6) is -0.351. The van der Waals surface area contributed by atoms with Crippen molar-refractivity contribution in [2.45, 2.75) is 11.8 Å². The summed E-state index contributed by atoms with van der Waals surface area (Å²) < 4.78 is 27.0. The standard InChI is InChI=1S/C11H15N2O3S.Li/c1-8-6-5-7-9(11(14)13(3)4)10(8)17(15,16)12-2;/h5-7H,1-4H3;/q-1;+1. The molecular weight excluding hydrogens is 247 g/mol. The van der Waals surface area contributed by atoms with Gasteiger partial charge >= 0.3 is 18.9 Å². The van der Waals surface area contributed by atoms with Gasteiger partial charge in [0.1, 0.15) is 10.0 Å². The van der Waals surface area contributed by atoms with Crippen LogP contribution in [0.25, 0.3) is 4.72 Å². The van der Waals surface area contributed by atoms with E-state index in [1.165, 1.54) is 18.0 Å². The van der Waals surface area contributed by atoms with Crippen LogP contribution < -0.4 is 18.9 Å². The van der Waals surface area contributed by atoms with E-state index in [1.54, 1.807) is 33.2 Å². The molecule has 1 rings (SSSR count). The van der Waals surface area contributed by atoms with Crippen molar-refractivity contribution < 1.29 is 32.1 Å². The van der Waals surface area contributed by atoms with E-state index in [9.17, 15) is 13.2 Å². The maximum absolute atomic E-state index is 11.9. The van der Waals surface area contributed by atoms with Gasteiger partial charge in [-0.05, 0) is 18.6 Å². The fourth-order valence-corrected chi connectivity index (χ4v) is 2.59. The van der Waals surface area contributed by atoms with E-state index < -0.39 is 10.0 Å². The van der Waals surface area contributed by atoms with Crippen molar-refractivity contribution in [3.8, 4) is 0 Å². The summed E-state index contributed by atoms with van der Waals surface area (Å²) in [6, 6.07) is 4.79. The van der Waals surface area contributed by atoms with Gasteiger partial charge in [0, 0.05) is 14.1 Å². The van der Waals surface area contributed by atoms with Crippen LogP contribution in [0.5, 0.6) is 0 Å². The number of hydrogen-bond donors (Lipinski definition) is 0. The van der Waals surface area contributed by atoms with Gasteiger partial charge < -0.3 is 9.62 Å². The molecule has 1 amide bonds. The van der Waals surface area contributed by atoms with Gasteiger partial charge in [-0.25, -0.2) is 8.42 Å². The van der Waals surface area contributed by atoms with Crippen molar-refractivity contribution in [2.75, 3.05) is 21.1 Å². The Morgan fingerprint density at radius 1 is 1.28 bits per heavy atom. The van der Waals surface area contributed by atoms with Gasteiger partial charge in [0.05, 0.1) is 10.5 Å². The molecule has 0 bridgehead atoms. The van der Waals surface area contributed by atoms with Gasteiger partial charge in [0.2, 0.25) is 0 Å². The molecule has 0 spiro atoms. The molecule has 0 N–H and O–H groups in total. The average Bonchev–Trinajstić information content (AvgIpc) is 2.27. The van der Waals surface area contributed by atoms with Crippen LogP contribution in [-0.4, -0.2) is 40.4 Å². The van der Waals surface area contributed by atoms with Crippen molar-refractivity contribution >= 4 is 15.9 Å². The molecule has 0 fully saturated rings. The molecule has 0 heterocycles. The fraction of sp³-hybridized carbons (Fsp3) is 0.364. The van der Waals surface area contributed by atoms with E-state index >= 15 is 0 Å².